The Balaban J connectivity index is 2.08. The number of rotatable bonds is 10. The molecule has 0 bridgehead atoms. The lowest BCUT2D eigenvalue weighted by molar-refractivity contribution is -0.139. The number of alkyl halides is 3. The van der Waals surface area contributed by atoms with Gasteiger partial charge in [-0.2, -0.15) is 13.2 Å². The average Bonchev–Trinajstić information content (AvgIpc) is 2.89. The van der Waals surface area contributed by atoms with Crippen LogP contribution in [-0.2, 0) is 32.3 Å². The smallest absolute Gasteiger partial charge is 0.352 e. The molecule has 214 valence electrons. The van der Waals surface area contributed by atoms with Crippen molar-refractivity contribution in [2.45, 2.75) is 57.4 Å². The fraction of sp³-hybridized carbons (Fsp3) is 0.310. The maximum absolute atomic E-state index is 13.8. The Morgan fingerprint density at radius 2 is 1.55 bits per heavy atom. The van der Waals surface area contributed by atoms with Crippen molar-refractivity contribution < 1.29 is 31.2 Å². The van der Waals surface area contributed by atoms with E-state index in [9.17, 15) is 31.2 Å². The van der Waals surface area contributed by atoms with E-state index >= 15 is 0 Å². The first-order valence-electron chi connectivity index (χ1n) is 12.6. The summed E-state index contributed by atoms with van der Waals surface area (Å²) in [5, 5.41) is 2.75. The molecule has 0 aliphatic carbocycles. The molecule has 3 rings (SSSR count). The highest BCUT2D eigenvalue weighted by Gasteiger charge is 2.35. The van der Waals surface area contributed by atoms with Gasteiger partial charge in [0.1, 0.15) is 12.6 Å². The van der Waals surface area contributed by atoms with Crippen LogP contribution in [0.3, 0.4) is 0 Å². The van der Waals surface area contributed by atoms with Crippen LogP contribution in [0, 0.1) is 6.92 Å². The van der Waals surface area contributed by atoms with Gasteiger partial charge in [0.2, 0.25) is 11.8 Å². The molecule has 0 saturated heterocycles. The summed E-state index contributed by atoms with van der Waals surface area (Å²) < 4.78 is 68.6. The summed E-state index contributed by atoms with van der Waals surface area (Å²) in [6, 6.07) is 17.0. The molecular formula is C29H32F3N3O4S. The lowest BCUT2D eigenvalue weighted by Gasteiger charge is -2.32. The second-order valence-corrected chi connectivity index (χ2v) is 11.6. The Kier molecular flexibility index (Phi) is 9.62. The van der Waals surface area contributed by atoms with Crippen molar-refractivity contribution in [3.63, 3.8) is 0 Å². The summed E-state index contributed by atoms with van der Waals surface area (Å²) in [4.78, 5) is 27.8. The van der Waals surface area contributed by atoms with Crippen molar-refractivity contribution in [2.75, 3.05) is 10.8 Å². The minimum atomic E-state index is -4.73. The van der Waals surface area contributed by atoms with E-state index in [4.69, 9.17) is 0 Å². The molecule has 11 heteroatoms. The molecule has 0 aliphatic rings. The van der Waals surface area contributed by atoms with Gasteiger partial charge in [0.15, 0.2) is 0 Å². The molecule has 1 atom stereocenters. The van der Waals surface area contributed by atoms with E-state index in [0.29, 0.717) is 15.9 Å². The molecular weight excluding hydrogens is 543 g/mol. The van der Waals surface area contributed by atoms with Crippen LogP contribution in [-0.4, -0.2) is 43.8 Å². The van der Waals surface area contributed by atoms with Crippen LogP contribution in [0.25, 0.3) is 0 Å². The highest BCUT2D eigenvalue weighted by molar-refractivity contribution is 7.92. The zero-order valence-electron chi connectivity index (χ0n) is 22.6. The number of amides is 2. The fourth-order valence-corrected chi connectivity index (χ4v) is 5.51. The average molecular weight is 576 g/mol. The van der Waals surface area contributed by atoms with Crippen LogP contribution in [0.1, 0.15) is 37.5 Å². The maximum atomic E-state index is 13.8. The van der Waals surface area contributed by atoms with Crippen molar-refractivity contribution >= 4 is 27.5 Å². The van der Waals surface area contributed by atoms with Crippen molar-refractivity contribution in [2.24, 2.45) is 0 Å². The third-order valence-corrected chi connectivity index (χ3v) is 7.89. The highest BCUT2D eigenvalue weighted by Crippen LogP contribution is 2.33. The Labute approximate surface area is 232 Å². The van der Waals surface area contributed by atoms with E-state index in [-0.39, 0.29) is 23.2 Å². The zero-order chi connectivity index (χ0) is 29.7. The summed E-state index contributed by atoms with van der Waals surface area (Å²) >= 11 is 0. The molecule has 2 amide bonds. The van der Waals surface area contributed by atoms with Gasteiger partial charge in [-0.1, -0.05) is 54.1 Å². The number of aryl methyl sites for hydroxylation is 1. The van der Waals surface area contributed by atoms with Gasteiger partial charge in [-0.05, 0) is 63.6 Å². The molecule has 0 unspecified atom stereocenters. The van der Waals surface area contributed by atoms with E-state index in [0.717, 1.165) is 17.7 Å². The Morgan fingerprint density at radius 3 is 2.15 bits per heavy atom. The van der Waals surface area contributed by atoms with E-state index in [1.54, 1.807) is 32.0 Å². The third kappa shape index (κ3) is 7.62. The minimum Gasteiger partial charge on any atom is -0.352 e. The van der Waals surface area contributed by atoms with E-state index in [1.165, 1.54) is 42.2 Å². The number of nitrogens with one attached hydrogen (secondary N) is 1. The lowest BCUT2D eigenvalue weighted by atomic mass is 10.1. The number of hydrogen-bond donors (Lipinski definition) is 1. The molecule has 0 fully saturated rings. The monoisotopic (exact) mass is 575 g/mol. The molecule has 0 aromatic heterocycles. The molecule has 7 nitrogen and oxygen atoms in total. The third-order valence-electron chi connectivity index (χ3n) is 6.11. The quantitative estimate of drug-likeness (QED) is 0.362. The Bertz CT molecular complexity index is 1440. The number of hydrogen-bond acceptors (Lipinski definition) is 4. The normalized spacial score (nSPS) is 12.6. The van der Waals surface area contributed by atoms with Crippen LogP contribution >= 0.6 is 0 Å². The molecule has 0 radical (unpaired) electrons. The molecule has 0 aliphatic heterocycles. The van der Waals surface area contributed by atoms with Gasteiger partial charge in [-0.25, -0.2) is 8.42 Å². The van der Waals surface area contributed by atoms with Crippen LogP contribution < -0.4 is 9.62 Å². The number of benzene rings is 3. The van der Waals surface area contributed by atoms with E-state index < -0.39 is 46.2 Å². The van der Waals surface area contributed by atoms with Gasteiger partial charge in [-0.3, -0.25) is 13.9 Å². The summed E-state index contributed by atoms with van der Waals surface area (Å²) in [5.74, 6) is -1.21. The SMILES string of the molecule is Cc1cccc(CN(C(=O)CN(c2cccc(C(F)(F)F)c2)S(=O)(=O)c2ccccc2)[C@H](C)C(=O)NC(C)C)c1. The lowest BCUT2D eigenvalue weighted by Crippen LogP contribution is -2.52. The van der Waals surface area contributed by atoms with Gasteiger partial charge in [0.25, 0.3) is 10.0 Å². The van der Waals surface area contributed by atoms with Crippen LogP contribution in [0.15, 0.2) is 83.8 Å². The van der Waals surface area contributed by atoms with Crippen LogP contribution in [0.2, 0.25) is 0 Å². The largest absolute Gasteiger partial charge is 0.416 e. The van der Waals surface area contributed by atoms with Gasteiger partial charge in [0.05, 0.1) is 16.1 Å². The highest BCUT2D eigenvalue weighted by atomic mass is 32.2. The topological polar surface area (TPSA) is 86.8 Å². The first-order valence-corrected chi connectivity index (χ1v) is 14.0. The summed E-state index contributed by atoms with van der Waals surface area (Å²) in [6.45, 7) is 6.06. The maximum Gasteiger partial charge on any atom is 0.416 e. The molecule has 0 spiro atoms. The first-order chi connectivity index (χ1) is 18.7. The predicted octanol–water partition coefficient (Wildman–Crippen LogP) is 5.15. The molecule has 3 aromatic rings. The standard InChI is InChI=1S/C29H32F3N3O4S/c1-20(2)33-28(37)22(4)34(18-23-11-8-10-21(3)16-23)27(36)19-35(40(38,39)26-14-6-5-7-15-26)25-13-9-12-24(17-25)29(30,31)32/h5-17,20,22H,18-19H2,1-4H3,(H,33,37)/t22-/m1/s1. The van der Waals surface area contributed by atoms with Crippen LogP contribution in [0.5, 0.6) is 0 Å². The fourth-order valence-electron chi connectivity index (χ4n) is 4.08. The van der Waals surface area contributed by atoms with Gasteiger partial charge in [-0.15, -0.1) is 0 Å². The molecule has 3 aromatic carbocycles. The molecule has 0 heterocycles. The van der Waals surface area contributed by atoms with Crippen molar-refractivity contribution in [3.8, 4) is 0 Å². The van der Waals surface area contributed by atoms with Crippen molar-refractivity contribution in [1.82, 2.24) is 10.2 Å². The number of carbonyl (C=O) groups is 2. The van der Waals surface area contributed by atoms with Crippen molar-refractivity contribution in [3.05, 3.63) is 95.6 Å². The molecule has 40 heavy (non-hydrogen) atoms. The second-order valence-electron chi connectivity index (χ2n) is 9.72. The first kappa shape index (κ1) is 30.7. The number of carbonyl (C=O) groups excluding carboxylic acids is 2. The van der Waals surface area contributed by atoms with Gasteiger partial charge >= 0.3 is 6.18 Å². The summed E-state index contributed by atoms with van der Waals surface area (Å²) in [5.41, 5.74) is 0.226. The minimum absolute atomic E-state index is 0.0188. The van der Waals surface area contributed by atoms with Crippen molar-refractivity contribution in [1.29, 1.82) is 0 Å². The number of nitrogens with zero attached hydrogens (tertiary/aromatic N) is 2. The Hall–Kier alpha value is -3.86. The number of anilines is 1. The van der Waals surface area contributed by atoms with E-state index in [1.807, 2.05) is 19.1 Å². The zero-order valence-corrected chi connectivity index (χ0v) is 23.5. The number of sulfonamides is 1. The van der Waals surface area contributed by atoms with Gasteiger partial charge in [0, 0.05) is 12.6 Å². The Morgan fingerprint density at radius 1 is 0.900 bits per heavy atom. The van der Waals surface area contributed by atoms with Crippen LogP contribution in [0.4, 0.5) is 18.9 Å². The molecule has 0 saturated carbocycles. The number of halogens is 3. The second kappa shape index (κ2) is 12.5. The predicted molar refractivity (Wildman–Crippen MR) is 147 cm³/mol. The van der Waals surface area contributed by atoms with Gasteiger partial charge < -0.3 is 10.2 Å². The summed E-state index contributed by atoms with van der Waals surface area (Å²) in [7, 11) is -4.47. The van der Waals surface area contributed by atoms with E-state index in [2.05, 4.69) is 5.32 Å². The molecule has 1 N–H and O–H groups in total. The summed E-state index contributed by atoms with van der Waals surface area (Å²) in [6.07, 6.45) is -4.73.